The molecule has 1 saturated heterocycles. The topological polar surface area (TPSA) is 41.3 Å². The number of aliphatic hydroxyl groups excluding tert-OH is 1. The summed E-state index contributed by atoms with van der Waals surface area (Å²) in [5, 5.41) is 9.43. The molecular weight excluding hydrogens is 459 g/mol. The monoisotopic (exact) mass is 486 g/mol. The highest BCUT2D eigenvalue weighted by Gasteiger charge is 2.51. The number of piperidine rings is 1. The van der Waals surface area contributed by atoms with Crippen molar-refractivity contribution in [3.05, 3.63) is 76.8 Å². The molecule has 0 bridgehead atoms. The first-order valence-electron chi connectivity index (χ1n) is 9.29. The van der Waals surface area contributed by atoms with Crippen molar-refractivity contribution < 1.29 is 40.1 Å². The van der Waals surface area contributed by atoms with E-state index >= 15 is 0 Å². The van der Waals surface area contributed by atoms with Gasteiger partial charge in [0.1, 0.15) is 12.2 Å². The van der Waals surface area contributed by atoms with E-state index in [-0.39, 0.29) is 30.2 Å². The van der Waals surface area contributed by atoms with Gasteiger partial charge in [-0.1, -0.05) is 58.4 Å². The third-order valence-corrected chi connectivity index (χ3v) is 6.45. The second-order valence-electron chi connectivity index (χ2n) is 7.25. The molecule has 1 spiro atoms. The minimum Gasteiger partial charge on any atom is -1.00 e. The fraction of sp³-hybridized carbons (Fsp3) is 0.364. The van der Waals surface area contributed by atoms with Gasteiger partial charge in [-0.2, -0.15) is 0 Å². The molecule has 2 heterocycles. The number of quaternary nitrogens is 2. The van der Waals surface area contributed by atoms with Gasteiger partial charge in [-0.3, -0.25) is 0 Å². The zero-order chi connectivity index (χ0) is 18.6. The van der Waals surface area contributed by atoms with Gasteiger partial charge in [0.05, 0.1) is 25.0 Å². The van der Waals surface area contributed by atoms with Gasteiger partial charge in [0.15, 0.2) is 0 Å². The lowest BCUT2D eigenvalue weighted by Gasteiger charge is -2.41. The molecule has 3 atom stereocenters. The highest BCUT2D eigenvalue weighted by molar-refractivity contribution is 9.10. The largest absolute Gasteiger partial charge is 1.00 e. The maximum Gasteiger partial charge on any atom is 0.134 e. The average molecular weight is 488 g/mol. The van der Waals surface area contributed by atoms with Crippen LogP contribution in [0.3, 0.4) is 0 Å². The molecule has 0 aromatic heterocycles. The van der Waals surface area contributed by atoms with Crippen molar-refractivity contribution in [2.75, 3.05) is 26.7 Å². The lowest BCUT2D eigenvalue weighted by Crippen LogP contribution is -3.13. The fourth-order valence-electron chi connectivity index (χ4n) is 4.69. The first-order chi connectivity index (χ1) is 12.7. The Balaban J connectivity index is 0.000000950. The Hall–Kier alpha value is -0.880. The summed E-state index contributed by atoms with van der Waals surface area (Å²) in [5.41, 5.74) is 4.67. The van der Waals surface area contributed by atoms with Crippen LogP contribution in [0.4, 0.5) is 5.69 Å². The number of nitrogens with one attached hydrogen (secondary N) is 1. The lowest BCUT2D eigenvalue weighted by atomic mass is 9.67. The summed E-state index contributed by atoms with van der Waals surface area (Å²) in [6.07, 6.45) is 3.46. The summed E-state index contributed by atoms with van der Waals surface area (Å²) in [4.78, 5) is 1.68. The first-order valence-corrected chi connectivity index (χ1v) is 10.1. The van der Waals surface area contributed by atoms with Crippen molar-refractivity contribution >= 4 is 21.6 Å². The third-order valence-electron chi connectivity index (χ3n) is 5.96. The molecule has 2 aromatic rings. The molecule has 0 saturated carbocycles. The van der Waals surface area contributed by atoms with Crippen LogP contribution in [0.2, 0.25) is 0 Å². The van der Waals surface area contributed by atoms with E-state index in [1.807, 2.05) is 0 Å². The second kappa shape index (κ2) is 11.3. The van der Waals surface area contributed by atoms with Crippen LogP contribution >= 0.6 is 15.9 Å². The second-order valence-corrected chi connectivity index (χ2v) is 8.17. The zero-order valence-corrected chi connectivity index (χ0v) is 19.3. The maximum atomic E-state index is 7.00. The number of aliphatic hydroxyl groups is 1. The van der Waals surface area contributed by atoms with Crippen LogP contribution < -0.4 is 35.0 Å². The minimum atomic E-state index is 0. The summed E-state index contributed by atoms with van der Waals surface area (Å²) in [7, 11) is 1.00. The molecule has 2 aliphatic heterocycles. The predicted molar refractivity (Wildman–Crippen MR) is 110 cm³/mol. The molecule has 6 heteroatoms. The van der Waals surface area contributed by atoms with E-state index in [4.69, 9.17) is 5.11 Å². The van der Waals surface area contributed by atoms with E-state index in [2.05, 4.69) is 82.4 Å². The van der Waals surface area contributed by atoms with Crippen LogP contribution in [0.5, 0.6) is 0 Å². The van der Waals surface area contributed by atoms with E-state index in [9.17, 15) is 0 Å². The lowest BCUT2D eigenvalue weighted by molar-refractivity contribution is -0.923. The Labute approximate surface area is 189 Å². The average Bonchev–Trinajstić information content (AvgIpc) is 3.04. The van der Waals surface area contributed by atoms with Gasteiger partial charge in [-0.25, -0.2) is 0 Å². The van der Waals surface area contributed by atoms with Gasteiger partial charge in [-0.15, -0.1) is 6.58 Å². The Morgan fingerprint density at radius 1 is 1.21 bits per heavy atom. The van der Waals surface area contributed by atoms with Crippen molar-refractivity contribution in [3.63, 3.8) is 0 Å². The molecule has 1 fully saturated rings. The maximum absolute atomic E-state index is 7.00. The normalized spacial score (nSPS) is 24.8. The Morgan fingerprint density at radius 2 is 1.93 bits per heavy atom. The molecular formula is C22H29BrCl2N2O. The Bertz CT molecular complexity index is 759. The van der Waals surface area contributed by atoms with Gasteiger partial charge in [0, 0.05) is 41.1 Å². The van der Waals surface area contributed by atoms with Crippen LogP contribution in [0.15, 0.2) is 65.7 Å². The highest BCUT2D eigenvalue weighted by Crippen LogP contribution is 2.42. The summed E-state index contributed by atoms with van der Waals surface area (Å²) in [6, 6.07) is 17.7. The van der Waals surface area contributed by atoms with Crippen LogP contribution in [0.1, 0.15) is 17.5 Å². The third kappa shape index (κ3) is 4.99. The molecule has 2 aromatic carbocycles. The number of nitrogens with two attached hydrogens (primary N) is 1. The van der Waals surface area contributed by atoms with E-state index in [0.717, 1.165) is 20.2 Å². The van der Waals surface area contributed by atoms with Crippen LogP contribution in [-0.4, -0.2) is 31.9 Å². The van der Waals surface area contributed by atoms with Gasteiger partial charge >= 0.3 is 0 Å². The molecule has 3 nitrogen and oxygen atoms in total. The van der Waals surface area contributed by atoms with Crippen molar-refractivity contribution in [1.82, 2.24) is 0 Å². The number of fused-ring (bicyclic) bond motifs is 2. The number of hydrogen-bond acceptors (Lipinski definition) is 1. The molecule has 4 N–H and O–H groups in total. The Morgan fingerprint density at radius 3 is 2.61 bits per heavy atom. The van der Waals surface area contributed by atoms with E-state index in [1.54, 1.807) is 4.90 Å². The smallest absolute Gasteiger partial charge is 0.134 e. The van der Waals surface area contributed by atoms with Crippen LogP contribution in [-0.2, 0) is 12.0 Å². The molecule has 0 amide bonds. The standard InChI is InChI=1S/C21H23BrN2.CH4O.2ClH/c1-2-17-14-24(13-16-6-4-3-5-7-16)11-10-21(17)15-23-20-12-18(22)8-9-19(20)21;1-2;;/h2-9,12,17,23H,1,10-11,13-15H2;2H,1H3;2*1H/t17-,21+;;;/m0.../s1. The predicted octanol–water partition coefficient (Wildman–Crippen LogP) is -4.20. The van der Waals surface area contributed by atoms with Crippen molar-refractivity contribution in [2.24, 2.45) is 5.92 Å². The number of benzene rings is 2. The summed E-state index contributed by atoms with van der Waals surface area (Å²) in [5.74, 6) is 0.545. The highest BCUT2D eigenvalue weighted by atomic mass is 79.9. The summed E-state index contributed by atoms with van der Waals surface area (Å²) in [6.45, 7) is 8.90. The minimum absolute atomic E-state index is 0. The van der Waals surface area contributed by atoms with Gasteiger partial charge < -0.3 is 40.1 Å². The SMILES string of the molecule is C=C[C@H]1C[NH+](Cc2ccccc2)CC[C@@]12C[NH2+]c1cc(Br)ccc12.CO.[Cl-].[Cl-]. The molecule has 4 rings (SSSR count). The van der Waals surface area contributed by atoms with Crippen LogP contribution in [0, 0.1) is 5.92 Å². The number of rotatable bonds is 3. The molecule has 154 valence electrons. The molecule has 0 radical (unpaired) electrons. The summed E-state index contributed by atoms with van der Waals surface area (Å²) >= 11 is 3.61. The van der Waals surface area contributed by atoms with Gasteiger partial charge in [0.2, 0.25) is 0 Å². The summed E-state index contributed by atoms with van der Waals surface area (Å²) < 4.78 is 1.18. The van der Waals surface area contributed by atoms with Crippen molar-refractivity contribution in [2.45, 2.75) is 18.4 Å². The quantitative estimate of drug-likeness (QED) is 0.298. The Kier molecular flexibility index (Phi) is 10.2. The van der Waals surface area contributed by atoms with E-state index in [1.165, 1.54) is 40.8 Å². The number of halogens is 3. The number of likely N-dealkylation sites (tertiary alicyclic amines) is 1. The van der Waals surface area contributed by atoms with E-state index in [0.29, 0.717) is 5.92 Å². The van der Waals surface area contributed by atoms with E-state index < -0.39 is 0 Å². The first kappa shape index (κ1) is 25.2. The van der Waals surface area contributed by atoms with Crippen molar-refractivity contribution in [3.8, 4) is 0 Å². The van der Waals surface area contributed by atoms with Crippen molar-refractivity contribution in [1.29, 1.82) is 0 Å². The molecule has 28 heavy (non-hydrogen) atoms. The van der Waals surface area contributed by atoms with Crippen LogP contribution in [0.25, 0.3) is 0 Å². The number of hydrogen-bond donors (Lipinski definition) is 3. The molecule has 2 aliphatic rings. The molecule has 1 unspecified atom stereocenters. The zero-order valence-electron chi connectivity index (χ0n) is 16.2. The van der Waals surface area contributed by atoms with Gasteiger partial charge in [0.25, 0.3) is 0 Å². The molecule has 0 aliphatic carbocycles. The van der Waals surface area contributed by atoms with Gasteiger partial charge in [-0.05, 0) is 6.07 Å². The fourth-order valence-corrected chi connectivity index (χ4v) is 5.07.